The van der Waals surface area contributed by atoms with Crippen molar-refractivity contribution in [3.63, 3.8) is 0 Å². The van der Waals surface area contributed by atoms with Crippen molar-refractivity contribution in [3.8, 4) is 0 Å². The predicted octanol–water partition coefficient (Wildman–Crippen LogP) is 2.49. The number of rotatable bonds is 1. The smallest absolute Gasteiger partial charge is 0.156 e. The van der Waals surface area contributed by atoms with E-state index in [-0.39, 0.29) is 0 Å². The van der Waals surface area contributed by atoms with Gasteiger partial charge in [-0.1, -0.05) is 17.7 Å². The van der Waals surface area contributed by atoms with Crippen LogP contribution in [0.1, 0.15) is 26.2 Å². The van der Waals surface area contributed by atoms with E-state index in [1.807, 2.05) is 6.08 Å². The Labute approximate surface area is 73.2 Å². The second-order valence-electron chi connectivity index (χ2n) is 3.83. The number of carbonyl (C=O) groups excluding carboxylic acids is 1. The van der Waals surface area contributed by atoms with Crippen LogP contribution in [-0.2, 0) is 4.79 Å². The normalized spacial score (nSPS) is 34.4. The van der Waals surface area contributed by atoms with E-state index in [0.29, 0.717) is 17.6 Å². The maximum atomic E-state index is 11.1. The topological polar surface area (TPSA) is 17.1 Å². The highest BCUT2D eigenvalue weighted by atomic mass is 16.1. The molecule has 2 rings (SSSR count). The van der Waals surface area contributed by atoms with E-state index >= 15 is 0 Å². The maximum absolute atomic E-state index is 11.1. The van der Waals surface area contributed by atoms with Crippen LogP contribution in [0.2, 0.25) is 0 Å². The van der Waals surface area contributed by atoms with Gasteiger partial charge in [-0.3, -0.25) is 4.79 Å². The Balaban J connectivity index is 2.10. The molecule has 1 nitrogen and oxygen atoms in total. The van der Waals surface area contributed by atoms with Crippen LogP contribution in [0, 0.1) is 11.8 Å². The zero-order chi connectivity index (χ0) is 8.55. The number of hydrogen-bond donors (Lipinski definition) is 0. The summed E-state index contributed by atoms with van der Waals surface area (Å²) in [6.07, 6.45) is 9.52. The molecule has 2 atom stereocenters. The van der Waals surface area contributed by atoms with Gasteiger partial charge in [0.15, 0.2) is 5.78 Å². The summed E-state index contributed by atoms with van der Waals surface area (Å²) in [6, 6.07) is 0. The first-order valence-corrected chi connectivity index (χ1v) is 4.65. The molecular formula is C11H14O. The predicted molar refractivity (Wildman–Crippen MR) is 48.7 cm³/mol. The van der Waals surface area contributed by atoms with Gasteiger partial charge >= 0.3 is 0 Å². The van der Waals surface area contributed by atoms with Crippen molar-refractivity contribution < 1.29 is 4.79 Å². The standard InChI is InChI=1S/C11H14O/c1-8-6-10(12)7-11(8)9-4-2-3-5-9/h2,4,6,9,11H,3,5,7H2,1H3. The van der Waals surface area contributed by atoms with Gasteiger partial charge in [0.1, 0.15) is 0 Å². The molecule has 0 N–H and O–H groups in total. The van der Waals surface area contributed by atoms with Crippen molar-refractivity contribution >= 4 is 5.78 Å². The van der Waals surface area contributed by atoms with Gasteiger partial charge in [-0.05, 0) is 37.7 Å². The van der Waals surface area contributed by atoms with Crippen molar-refractivity contribution in [2.75, 3.05) is 0 Å². The summed E-state index contributed by atoms with van der Waals surface area (Å²) < 4.78 is 0. The molecule has 0 bridgehead atoms. The highest BCUT2D eigenvalue weighted by Gasteiger charge is 2.28. The molecule has 64 valence electrons. The fraction of sp³-hybridized carbons (Fsp3) is 0.545. The van der Waals surface area contributed by atoms with Crippen molar-refractivity contribution in [2.24, 2.45) is 11.8 Å². The number of hydrogen-bond acceptors (Lipinski definition) is 1. The van der Waals surface area contributed by atoms with E-state index in [4.69, 9.17) is 0 Å². The minimum absolute atomic E-state index is 0.317. The molecule has 0 aromatic rings. The first kappa shape index (κ1) is 7.78. The van der Waals surface area contributed by atoms with Gasteiger partial charge in [-0.2, -0.15) is 0 Å². The van der Waals surface area contributed by atoms with Crippen molar-refractivity contribution in [2.45, 2.75) is 26.2 Å². The Kier molecular flexibility index (Phi) is 1.87. The molecule has 2 unspecified atom stereocenters. The molecule has 2 aliphatic rings. The first-order chi connectivity index (χ1) is 5.77. The largest absolute Gasteiger partial charge is 0.295 e. The van der Waals surface area contributed by atoms with Gasteiger partial charge in [0, 0.05) is 6.42 Å². The van der Waals surface area contributed by atoms with E-state index in [2.05, 4.69) is 19.1 Å². The summed E-state index contributed by atoms with van der Waals surface area (Å²) in [5.41, 5.74) is 1.29. The maximum Gasteiger partial charge on any atom is 0.156 e. The van der Waals surface area contributed by atoms with E-state index in [9.17, 15) is 4.79 Å². The van der Waals surface area contributed by atoms with Crippen molar-refractivity contribution in [1.29, 1.82) is 0 Å². The monoisotopic (exact) mass is 162 g/mol. The second-order valence-corrected chi connectivity index (χ2v) is 3.83. The molecule has 0 spiro atoms. The quantitative estimate of drug-likeness (QED) is 0.541. The van der Waals surface area contributed by atoms with Crippen LogP contribution >= 0.6 is 0 Å². The van der Waals surface area contributed by atoms with Crippen LogP contribution in [0.5, 0.6) is 0 Å². The molecule has 0 amide bonds. The van der Waals surface area contributed by atoms with E-state index in [0.717, 1.165) is 6.42 Å². The first-order valence-electron chi connectivity index (χ1n) is 4.65. The zero-order valence-electron chi connectivity index (χ0n) is 7.42. The third-order valence-corrected chi connectivity index (χ3v) is 2.96. The van der Waals surface area contributed by atoms with E-state index < -0.39 is 0 Å². The van der Waals surface area contributed by atoms with Crippen LogP contribution in [0.25, 0.3) is 0 Å². The van der Waals surface area contributed by atoms with Crippen LogP contribution in [-0.4, -0.2) is 5.78 Å². The molecule has 0 aromatic heterocycles. The van der Waals surface area contributed by atoms with Gasteiger partial charge in [-0.25, -0.2) is 0 Å². The van der Waals surface area contributed by atoms with E-state index in [1.54, 1.807) is 0 Å². The summed E-state index contributed by atoms with van der Waals surface area (Å²) in [4.78, 5) is 11.1. The molecule has 12 heavy (non-hydrogen) atoms. The summed E-state index contributed by atoms with van der Waals surface area (Å²) >= 11 is 0. The molecule has 0 fully saturated rings. The summed E-state index contributed by atoms with van der Waals surface area (Å²) in [5, 5.41) is 0. The highest BCUT2D eigenvalue weighted by molar-refractivity contribution is 5.93. The molecule has 0 heterocycles. The number of carbonyl (C=O) groups is 1. The average Bonchev–Trinajstić information content (AvgIpc) is 2.58. The van der Waals surface area contributed by atoms with Crippen molar-refractivity contribution in [1.82, 2.24) is 0 Å². The Morgan fingerprint density at radius 1 is 1.50 bits per heavy atom. The van der Waals surface area contributed by atoms with Crippen LogP contribution in [0.15, 0.2) is 23.8 Å². The summed E-state index contributed by atoms with van der Waals surface area (Å²) in [7, 11) is 0. The lowest BCUT2D eigenvalue weighted by Gasteiger charge is -2.17. The molecule has 2 aliphatic carbocycles. The molecule has 0 radical (unpaired) electrons. The molecular weight excluding hydrogens is 148 g/mol. The fourth-order valence-electron chi connectivity index (χ4n) is 2.28. The average molecular weight is 162 g/mol. The SMILES string of the molecule is CC1=CC(=O)CC1C1C=CCC1. The summed E-state index contributed by atoms with van der Waals surface area (Å²) in [5.74, 6) is 1.49. The molecule has 0 saturated heterocycles. The zero-order valence-corrected chi connectivity index (χ0v) is 7.42. The van der Waals surface area contributed by atoms with Gasteiger partial charge in [0.25, 0.3) is 0 Å². The third-order valence-electron chi connectivity index (χ3n) is 2.96. The van der Waals surface area contributed by atoms with Gasteiger partial charge < -0.3 is 0 Å². The lowest BCUT2D eigenvalue weighted by molar-refractivity contribution is -0.114. The molecule has 0 saturated carbocycles. The Bertz CT molecular complexity index is 260. The molecule has 1 heteroatoms. The van der Waals surface area contributed by atoms with Gasteiger partial charge in [0.05, 0.1) is 0 Å². The number of allylic oxidation sites excluding steroid dienone is 4. The van der Waals surface area contributed by atoms with Crippen LogP contribution in [0.3, 0.4) is 0 Å². The molecule has 0 aliphatic heterocycles. The summed E-state index contributed by atoms with van der Waals surface area (Å²) in [6.45, 7) is 2.09. The van der Waals surface area contributed by atoms with Gasteiger partial charge in [0.2, 0.25) is 0 Å². The lowest BCUT2D eigenvalue weighted by atomic mass is 9.87. The highest BCUT2D eigenvalue weighted by Crippen LogP contribution is 2.36. The van der Waals surface area contributed by atoms with Crippen molar-refractivity contribution in [3.05, 3.63) is 23.8 Å². The third kappa shape index (κ3) is 1.24. The minimum atomic E-state index is 0.317. The Morgan fingerprint density at radius 3 is 2.83 bits per heavy atom. The fourth-order valence-corrected chi connectivity index (χ4v) is 2.28. The minimum Gasteiger partial charge on any atom is -0.295 e. The lowest BCUT2D eigenvalue weighted by Crippen LogP contribution is -2.09. The second kappa shape index (κ2) is 2.89. The van der Waals surface area contributed by atoms with Crippen LogP contribution in [0.4, 0.5) is 0 Å². The number of ketones is 1. The van der Waals surface area contributed by atoms with Gasteiger partial charge in [-0.15, -0.1) is 0 Å². The Morgan fingerprint density at radius 2 is 2.33 bits per heavy atom. The van der Waals surface area contributed by atoms with Crippen LogP contribution < -0.4 is 0 Å². The Hall–Kier alpha value is -0.850. The molecule has 0 aromatic carbocycles. The van der Waals surface area contributed by atoms with E-state index in [1.165, 1.54) is 18.4 Å².